The molecule has 0 radical (unpaired) electrons. The standard InChI is InChI=1S/C15H14IN3O2/c16-12-5-3-11(4-6-12)15(20)18-13-7-1-10(2-8-13)9-14(17)19-21/h1-8,21H,9H2,(H2,17,19)(H,18,20). The molecule has 0 unspecified atom stereocenters. The molecule has 0 aromatic heterocycles. The highest BCUT2D eigenvalue weighted by Crippen LogP contribution is 2.13. The zero-order chi connectivity index (χ0) is 15.2. The summed E-state index contributed by atoms with van der Waals surface area (Å²) in [6, 6.07) is 14.5. The van der Waals surface area contributed by atoms with Crippen LogP contribution in [0.4, 0.5) is 5.69 Å². The molecule has 0 aliphatic heterocycles. The largest absolute Gasteiger partial charge is 0.409 e. The third-order valence-corrected chi connectivity index (χ3v) is 3.55. The van der Waals surface area contributed by atoms with Crippen LogP contribution in [-0.4, -0.2) is 17.0 Å². The van der Waals surface area contributed by atoms with Gasteiger partial charge in [0.15, 0.2) is 0 Å². The second-order valence-electron chi connectivity index (χ2n) is 4.43. The molecule has 0 bridgehead atoms. The van der Waals surface area contributed by atoms with Crippen molar-refractivity contribution in [1.29, 1.82) is 0 Å². The van der Waals surface area contributed by atoms with Gasteiger partial charge in [-0.3, -0.25) is 4.79 Å². The SMILES string of the molecule is NC(Cc1ccc(NC(=O)c2ccc(I)cc2)cc1)=NO. The van der Waals surface area contributed by atoms with Crippen LogP contribution in [0, 0.1) is 3.57 Å². The van der Waals surface area contributed by atoms with Crippen molar-refractivity contribution in [2.45, 2.75) is 6.42 Å². The Morgan fingerprint density at radius 3 is 2.33 bits per heavy atom. The summed E-state index contributed by atoms with van der Waals surface area (Å²) in [5, 5.41) is 14.3. The first-order chi connectivity index (χ1) is 10.1. The number of anilines is 1. The van der Waals surface area contributed by atoms with Crippen LogP contribution in [0.2, 0.25) is 0 Å². The molecule has 2 aromatic rings. The van der Waals surface area contributed by atoms with Crippen LogP contribution < -0.4 is 11.1 Å². The van der Waals surface area contributed by atoms with Crippen molar-refractivity contribution in [1.82, 2.24) is 0 Å². The van der Waals surface area contributed by atoms with Crippen molar-refractivity contribution in [3.05, 3.63) is 63.2 Å². The van der Waals surface area contributed by atoms with E-state index in [1.165, 1.54) is 0 Å². The number of nitrogens with two attached hydrogens (primary N) is 1. The molecule has 0 saturated carbocycles. The molecular formula is C15H14IN3O2. The summed E-state index contributed by atoms with van der Waals surface area (Å²) in [5.41, 5.74) is 7.65. The van der Waals surface area contributed by atoms with Crippen molar-refractivity contribution in [2.75, 3.05) is 5.32 Å². The Balaban J connectivity index is 2.03. The highest BCUT2D eigenvalue weighted by Gasteiger charge is 2.06. The van der Waals surface area contributed by atoms with Gasteiger partial charge < -0.3 is 16.3 Å². The highest BCUT2D eigenvalue weighted by atomic mass is 127. The lowest BCUT2D eigenvalue weighted by atomic mass is 10.1. The third kappa shape index (κ3) is 4.45. The quantitative estimate of drug-likeness (QED) is 0.245. The van der Waals surface area contributed by atoms with Crippen LogP contribution in [0.25, 0.3) is 0 Å². The average Bonchev–Trinajstić information content (AvgIpc) is 2.49. The predicted octanol–water partition coefficient (Wildman–Crippen LogP) is 2.83. The predicted molar refractivity (Wildman–Crippen MR) is 90.7 cm³/mol. The molecule has 0 atom stereocenters. The van der Waals surface area contributed by atoms with Crippen LogP contribution in [0.1, 0.15) is 15.9 Å². The van der Waals surface area contributed by atoms with Gasteiger partial charge in [-0.15, -0.1) is 0 Å². The number of carbonyl (C=O) groups excluding carboxylic acids is 1. The number of hydrogen-bond donors (Lipinski definition) is 3. The fourth-order valence-corrected chi connectivity index (χ4v) is 2.11. The van der Waals surface area contributed by atoms with Gasteiger partial charge in [0.05, 0.1) is 0 Å². The highest BCUT2D eigenvalue weighted by molar-refractivity contribution is 14.1. The lowest BCUT2D eigenvalue weighted by molar-refractivity contribution is 0.102. The number of amides is 1. The summed E-state index contributed by atoms with van der Waals surface area (Å²) in [4.78, 5) is 12.0. The van der Waals surface area contributed by atoms with E-state index in [4.69, 9.17) is 10.9 Å². The molecular weight excluding hydrogens is 381 g/mol. The number of hydrogen-bond acceptors (Lipinski definition) is 3. The average molecular weight is 395 g/mol. The third-order valence-electron chi connectivity index (χ3n) is 2.83. The van der Waals surface area contributed by atoms with Gasteiger partial charge >= 0.3 is 0 Å². The van der Waals surface area contributed by atoms with Crippen LogP contribution in [-0.2, 0) is 6.42 Å². The van der Waals surface area contributed by atoms with Crippen LogP contribution in [0.5, 0.6) is 0 Å². The number of nitrogens with one attached hydrogen (secondary N) is 1. The van der Waals surface area contributed by atoms with Crippen molar-refractivity contribution in [3.63, 3.8) is 0 Å². The Hall–Kier alpha value is -2.09. The molecule has 0 spiro atoms. The molecule has 2 rings (SSSR count). The summed E-state index contributed by atoms with van der Waals surface area (Å²) >= 11 is 2.19. The molecule has 108 valence electrons. The number of oxime groups is 1. The minimum absolute atomic E-state index is 0.144. The molecule has 5 nitrogen and oxygen atoms in total. The summed E-state index contributed by atoms with van der Waals surface area (Å²) in [7, 11) is 0. The van der Waals surface area contributed by atoms with Crippen LogP contribution in [0.3, 0.4) is 0 Å². The first-order valence-electron chi connectivity index (χ1n) is 6.21. The number of carbonyl (C=O) groups is 1. The van der Waals surface area contributed by atoms with Crippen molar-refractivity contribution in [2.24, 2.45) is 10.9 Å². The number of rotatable bonds is 4. The number of nitrogens with zero attached hydrogens (tertiary/aromatic N) is 1. The Morgan fingerprint density at radius 1 is 1.14 bits per heavy atom. The molecule has 0 saturated heterocycles. The molecule has 0 fully saturated rings. The smallest absolute Gasteiger partial charge is 0.255 e. The van der Waals surface area contributed by atoms with Gasteiger partial charge in [-0.25, -0.2) is 0 Å². The van der Waals surface area contributed by atoms with Crippen LogP contribution in [0.15, 0.2) is 53.7 Å². The van der Waals surface area contributed by atoms with E-state index in [1.54, 1.807) is 24.3 Å². The van der Waals surface area contributed by atoms with Gasteiger partial charge in [0, 0.05) is 21.2 Å². The maximum Gasteiger partial charge on any atom is 0.255 e. The molecule has 21 heavy (non-hydrogen) atoms. The second-order valence-corrected chi connectivity index (χ2v) is 5.67. The summed E-state index contributed by atoms with van der Waals surface area (Å²) in [6.45, 7) is 0. The Kier molecular flexibility index (Phi) is 5.15. The van der Waals surface area contributed by atoms with Gasteiger partial charge in [0.1, 0.15) is 5.84 Å². The van der Waals surface area contributed by atoms with Crippen molar-refractivity contribution >= 4 is 40.0 Å². The first kappa shape index (κ1) is 15.3. The zero-order valence-corrected chi connectivity index (χ0v) is 13.2. The van der Waals surface area contributed by atoms with E-state index in [1.807, 2.05) is 24.3 Å². The molecule has 0 aliphatic rings. The maximum atomic E-state index is 12.0. The van der Waals surface area contributed by atoms with E-state index in [9.17, 15) is 4.79 Å². The summed E-state index contributed by atoms with van der Waals surface area (Å²) < 4.78 is 1.08. The van der Waals surface area contributed by atoms with E-state index in [0.29, 0.717) is 17.7 Å². The first-order valence-corrected chi connectivity index (χ1v) is 7.28. The van der Waals surface area contributed by atoms with Crippen molar-refractivity contribution < 1.29 is 10.0 Å². The number of benzene rings is 2. The molecule has 2 aromatic carbocycles. The monoisotopic (exact) mass is 395 g/mol. The molecule has 1 amide bonds. The van der Waals surface area contributed by atoms with Gasteiger partial charge in [0.25, 0.3) is 5.91 Å². The Morgan fingerprint density at radius 2 is 1.76 bits per heavy atom. The van der Waals surface area contributed by atoms with Crippen LogP contribution >= 0.6 is 22.6 Å². The number of halogens is 1. The maximum absolute atomic E-state index is 12.0. The Labute approximate surface area is 136 Å². The molecule has 0 aliphatic carbocycles. The van der Waals surface area contributed by atoms with Gasteiger partial charge in [0.2, 0.25) is 0 Å². The van der Waals surface area contributed by atoms with Gasteiger partial charge in [-0.05, 0) is 64.6 Å². The molecule has 6 heteroatoms. The fourth-order valence-electron chi connectivity index (χ4n) is 1.75. The van der Waals surface area contributed by atoms with E-state index in [-0.39, 0.29) is 11.7 Å². The normalized spacial score (nSPS) is 11.2. The van der Waals surface area contributed by atoms with Gasteiger partial charge in [-0.1, -0.05) is 17.3 Å². The van der Waals surface area contributed by atoms with Gasteiger partial charge in [-0.2, -0.15) is 0 Å². The molecule has 0 heterocycles. The minimum Gasteiger partial charge on any atom is -0.409 e. The van der Waals surface area contributed by atoms with E-state index in [0.717, 1.165) is 9.13 Å². The second kappa shape index (κ2) is 7.07. The topological polar surface area (TPSA) is 87.7 Å². The van der Waals surface area contributed by atoms with E-state index in [2.05, 4.69) is 33.1 Å². The molecule has 4 N–H and O–H groups in total. The lowest BCUT2D eigenvalue weighted by Gasteiger charge is -2.06. The minimum atomic E-state index is -0.157. The number of amidine groups is 1. The van der Waals surface area contributed by atoms with Crippen molar-refractivity contribution in [3.8, 4) is 0 Å². The van der Waals surface area contributed by atoms with E-state index < -0.39 is 0 Å². The lowest BCUT2D eigenvalue weighted by Crippen LogP contribution is -2.15. The zero-order valence-electron chi connectivity index (χ0n) is 11.1. The summed E-state index contributed by atoms with van der Waals surface area (Å²) in [5.74, 6) is -0.0127. The van der Waals surface area contributed by atoms with E-state index >= 15 is 0 Å². The Bertz CT molecular complexity index is 652. The summed E-state index contributed by atoms with van der Waals surface area (Å²) in [6.07, 6.45) is 0.363. The fraction of sp³-hybridized carbons (Fsp3) is 0.0667.